The Kier molecular flexibility index (Phi) is 4.54. The van der Waals surface area contributed by atoms with Crippen molar-refractivity contribution in [3.05, 3.63) is 40.0 Å². The molecule has 0 aliphatic carbocycles. The largest absolute Gasteiger partial charge is 0.493 e. The molecule has 0 unspecified atom stereocenters. The van der Waals surface area contributed by atoms with Crippen LogP contribution in [0.25, 0.3) is 0 Å². The summed E-state index contributed by atoms with van der Waals surface area (Å²) in [5.41, 5.74) is 3.18. The molecule has 5 nitrogen and oxygen atoms in total. The number of thioether (sulfide) groups is 1. The van der Waals surface area contributed by atoms with Crippen molar-refractivity contribution < 1.29 is 5.11 Å². The fourth-order valence-corrected chi connectivity index (χ4v) is 4.41. The van der Waals surface area contributed by atoms with Crippen LogP contribution < -0.4 is 9.80 Å². The van der Waals surface area contributed by atoms with E-state index in [2.05, 4.69) is 55.0 Å². The van der Waals surface area contributed by atoms with E-state index in [1.165, 1.54) is 5.69 Å². The molecule has 24 heavy (non-hydrogen) atoms. The van der Waals surface area contributed by atoms with Gasteiger partial charge in [-0.1, -0.05) is 15.9 Å². The van der Waals surface area contributed by atoms with Crippen molar-refractivity contribution in [3.63, 3.8) is 0 Å². The molecule has 0 bridgehead atoms. The van der Waals surface area contributed by atoms with Crippen LogP contribution in [-0.4, -0.2) is 47.0 Å². The van der Waals surface area contributed by atoms with Crippen LogP contribution in [0.15, 0.2) is 28.7 Å². The Hall–Kier alpha value is -1.47. The van der Waals surface area contributed by atoms with Crippen molar-refractivity contribution in [3.8, 4) is 5.88 Å². The number of piperazine rings is 1. The minimum atomic E-state index is 0.164. The highest BCUT2D eigenvalue weighted by Crippen LogP contribution is 2.31. The van der Waals surface area contributed by atoms with Crippen molar-refractivity contribution in [1.82, 2.24) is 9.97 Å². The number of anilines is 2. The molecule has 0 saturated carbocycles. The molecule has 2 aliphatic heterocycles. The Labute approximate surface area is 154 Å². The van der Waals surface area contributed by atoms with Crippen molar-refractivity contribution in [2.24, 2.45) is 0 Å². The van der Waals surface area contributed by atoms with Gasteiger partial charge >= 0.3 is 0 Å². The molecule has 3 heterocycles. The Morgan fingerprint density at radius 2 is 1.71 bits per heavy atom. The Morgan fingerprint density at radius 3 is 2.46 bits per heavy atom. The summed E-state index contributed by atoms with van der Waals surface area (Å²) >= 11 is 5.31. The van der Waals surface area contributed by atoms with Crippen molar-refractivity contribution >= 4 is 39.3 Å². The van der Waals surface area contributed by atoms with Gasteiger partial charge in [-0.2, -0.15) is 16.7 Å². The predicted octanol–water partition coefficient (Wildman–Crippen LogP) is 3.06. The maximum absolute atomic E-state index is 10.2. The number of aromatic hydroxyl groups is 1. The zero-order valence-electron chi connectivity index (χ0n) is 13.3. The lowest BCUT2D eigenvalue weighted by molar-refractivity contribution is 0.444. The first-order chi connectivity index (χ1) is 11.7. The SMILES string of the molecule is Oc1nc(N2CCN(c3ccc(Br)cc3)CC2)nc2c1CSCC2. The van der Waals surface area contributed by atoms with Gasteiger partial charge in [-0.25, -0.2) is 4.98 Å². The summed E-state index contributed by atoms with van der Waals surface area (Å²) < 4.78 is 1.10. The van der Waals surface area contributed by atoms with E-state index < -0.39 is 0 Å². The minimum absolute atomic E-state index is 0.164. The number of benzene rings is 1. The lowest BCUT2D eigenvalue weighted by Crippen LogP contribution is -2.47. The normalized spacial score (nSPS) is 17.7. The summed E-state index contributed by atoms with van der Waals surface area (Å²) in [6, 6.07) is 8.42. The van der Waals surface area contributed by atoms with Gasteiger partial charge in [-0.15, -0.1) is 0 Å². The summed E-state index contributed by atoms with van der Waals surface area (Å²) in [7, 11) is 0. The second-order valence-electron chi connectivity index (χ2n) is 6.03. The first-order valence-corrected chi connectivity index (χ1v) is 10.1. The van der Waals surface area contributed by atoms with Crippen LogP contribution in [0.1, 0.15) is 11.3 Å². The smallest absolute Gasteiger partial charge is 0.229 e. The van der Waals surface area contributed by atoms with Gasteiger partial charge in [0.2, 0.25) is 11.8 Å². The van der Waals surface area contributed by atoms with Crippen molar-refractivity contribution in [1.29, 1.82) is 0 Å². The maximum Gasteiger partial charge on any atom is 0.229 e. The molecule has 0 amide bonds. The zero-order chi connectivity index (χ0) is 16.5. The van der Waals surface area contributed by atoms with Gasteiger partial charge in [0.05, 0.1) is 5.69 Å². The van der Waals surface area contributed by atoms with E-state index in [0.29, 0.717) is 5.95 Å². The van der Waals surface area contributed by atoms with E-state index in [-0.39, 0.29) is 5.88 Å². The lowest BCUT2D eigenvalue weighted by atomic mass is 10.2. The van der Waals surface area contributed by atoms with Crippen LogP contribution in [0.2, 0.25) is 0 Å². The van der Waals surface area contributed by atoms with Crippen LogP contribution >= 0.6 is 27.7 Å². The number of aryl methyl sites for hydroxylation is 1. The van der Waals surface area contributed by atoms with Crippen LogP contribution in [0.5, 0.6) is 5.88 Å². The molecule has 4 rings (SSSR count). The average molecular weight is 407 g/mol. The number of hydrogen-bond donors (Lipinski definition) is 1. The summed E-state index contributed by atoms with van der Waals surface area (Å²) in [6.07, 6.45) is 0.919. The molecule has 1 N–H and O–H groups in total. The molecular weight excluding hydrogens is 388 g/mol. The molecule has 2 aromatic rings. The summed E-state index contributed by atoms with van der Waals surface area (Å²) in [5.74, 6) is 2.73. The summed E-state index contributed by atoms with van der Waals surface area (Å²) in [4.78, 5) is 13.6. The van der Waals surface area contributed by atoms with Gasteiger partial charge in [0.1, 0.15) is 0 Å². The zero-order valence-corrected chi connectivity index (χ0v) is 15.7. The average Bonchev–Trinajstić information content (AvgIpc) is 2.62. The molecule has 0 atom stereocenters. The first-order valence-electron chi connectivity index (χ1n) is 8.12. The number of aromatic nitrogens is 2. The van der Waals surface area contributed by atoms with Gasteiger partial charge in [0, 0.05) is 47.7 Å². The second-order valence-corrected chi connectivity index (χ2v) is 8.05. The lowest BCUT2D eigenvalue weighted by Gasteiger charge is -2.36. The van der Waals surface area contributed by atoms with Crippen LogP contribution in [0.4, 0.5) is 11.6 Å². The van der Waals surface area contributed by atoms with E-state index in [9.17, 15) is 5.11 Å². The van der Waals surface area contributed by atoms with E-state index in [1.54, 1.807) is 0 Å². The van der Waals surface area contributed by atoms with E-state index >= 15 is 0 Å². The molecule has 1 fully saturated rings. The highest BCUT2D eigenvalue weighted by atomic mass is 79.9. The van der Waals surface area contributed by atoms with Crippen molar-refractivity contribution in [2.45, 2.75) is 12.2 Å². The molecule has 126 valence electrons. The number of rotatable bonds is 2. The summed E-state index contributed by atoms with van der Waals surface area (Å²) in [6.45, 7) is 3.59. The van der Waals surface area contributed by atoms with Crippen LogP contribution in [0, 0.1) is 0 Å². The number of fused-ring (bicyclic) bond motifs is 1. The molecule has 0 radical (unpaired) electrons. The van der Waals surface area contributed by atoms with E-state index in [4.69, 9.17) is 4.98 Å². The van der Waals surface area contributed by atoms with Gasteiger partial charge in [-0.05, 0) is 36.4 Å². The van der Waals surface area contributed by atoms with E-state index in [1.807, 2.05) is 11.8 Å². The Balaban J connectivity index is 1.48. The third-order valence-corrected chi connectivity index (χ3v) is 6.06. The second kappa shape index (κ2) is 6.80. The fourth-order valence-electron chi connectivity index (χ4n) is 3.16. The highest BCUT2D eigenvalue weighted by Gasteiger charge is 2.23. The predicted molar refractivity (Wildman–Crippen MR) is 102 cm³/mol. The Bertz CT molecular complexity index is 732. The molecule has 2 aliphatic rings. The van der Waals surface area contributed by atoms with Gasteiger partial charge in [0.25, 0.3) is 0 Å². The quantitative estimate of drug-likeness (QED) is 0.826. The highest BCUT2D eigenvalue weighted by molar-refractivity contribution is 9.10. The number of hydrogen-bond acceptors (Lipinski definition) is 6. The third-order valence-electron chi connectivity index (χ3n) is 4.54. The summed E-state index contributed by atoms with van der Waals surface area (Å²) in [5, 5.41) is 10.2. The number of halogens is 1. The molecular formula is C17H19BrN4OS. The molecule has 1 saturated heterocycles. The molecule has 0 spiro atoms. The molecule has 1 aromatic heterocycles. The number of nitrogens with zero attached hydrogens (tertiary/aromatic N) is 4. The first kappa shape index (κ1) is 16.0. The minimum Gasteiger partial charge on any atom is -0.493 e. The van der Waals surface area contributed by atoms with Crippen LogP contribution in [-0.2, 0) is 12.2 Å². The van der Waals surface area contributed by atoms with Gasteiger partial charge in [-0.3, -0.25) is 0 Å². The fraction of sp³-hybridized carbons (Fsp3) is 0.412. The standard InChI is InChI=1S/C17H19BrN4OS/c18-12-1-3-13(4-2-12)21-6-8-22(9-7-21)17-19-15-5-10-24-11-14(15)16(23)20-17/h1-4H,5-11H2,(H,19,20,23). The monoisotopic (exact) mass is 406 g/mol. The maximum atomic E-state index is 10.2. The third kappa shape index (κ3) is 3.19. The van der Waals surface area contributed by atoms with Crippen LogP contribution in [0.3, 0.4) is 0 Å². The molecule has 1 aromatic carbocycles. The molecule has 7 heteroatoms. The van der Waals surface area contributed by atoms with Gasteiger partial charge < -0.3 is 14.9 Å². The van der Waals surface area contributed by atoms with Crippen molar-refractivity contribution in [2.75, 3.05) is 41.7 Å². The Morgan fingerprint density at radius 1 is 1.00 bits per heavy atom. The van der Waals surface area contributed by atoms with Gasteiger partial charge in [0.15, 0.2) is 0 Å². The topological polar surface area (TPSA) is 52.5 Å². The van der Waals surface area contributed by atoms with E-state index in [0.717, 1.165) is 59.8 Å².